The molecule has 0 radical (unpaired) electrons. The number of carbonyl (C=O) groups excluding carboxylic acids is 1. The SMILES string of the molecule is COCCn1cccc1C(=O)N1CCC(C(=O)O)C1C. The highest BCUT2D eigenvalue weighted by atomic mass is 16.5. The van der Waals surface area contributed by atoms with Gasteiger partial charge in [-0.25, -0.2) is 0 Å². The third-order valence-electron chi connectivity index (χ3n) is 3.92. The van der Waals surface area contributed by atoms with Crippen LogP contribution in [0.1, 0.15) is 23.8 Å². The Morgan fingerprint density at radius 3 is 2.85 bits per heavy atom. The molecular weight excluding hydrogens is 260 g/mol. The minimum Gasteiger partial charge on any atom is -0.481 e. The van der Waals surface area contributed by atoms with E-state index < -0.39 is 11.9 Å². The number of hydrogen-bond acceptors (Lipinski definition) is 3. The number of aliphatic carboxylic acids is 1. The van der Waals surface area contributed by atoms with Crippen molar-refractivity contribution in [3.8, 4) is 0 Å². The molecule has 1 aliphatic heterocycles. The zero-order valence-corrected chi connectivity index (χ0v) is 11.8. The lowest BCUT2D eigenvalue weighted by molar-refractivity contribution is -0.142. The van der Waals surface area contributed by atoms with Crippen molar-refractivity contribution >= 4 is 11.9 Å². The maximum atomic E-state index is 12.5. The summed E-state index contributed by atoms with van der Waals surface area (Å²) >= 11 is 0. The van der Waals surface area contributed by atoms with Crippen molar-refractivity contribution in [2.45, 2.75) is 25.9 Å². The van der Waals surface area contributed by atoms with Crippen LogP contribution in [0.3, 0.4) is 0 Å². The number of likely N-dealkylation sites (tertiary alicyclic amines) is 1. The van der Waals surface area contributed by atoms with Gasteiger partial charge in [-0.2, -0.15) is 0 Å². The molecule has 2 heterocycles. The van der Waals surface area contributed by atoms with Crippen molar-refractivity contribution in [3.63, 3.8) is 0 Å². The highest BCUT2D eigenvalue weighted by Gasteiger charge is 2.38. The Balaban J connectivity index is 2.12. The topological polar surface area (TPSA) is 71.8 Å². The number of rotatable bonds is 5. The van der Waals surface area contributed by atoms with Gasteiger partial charge in [0.1, 0.15) is 5.69 Å². The zero-order valence-electron chi connectivity index (χ0n) is 11.8. The maximum absolute atomic E-state index is 12.5. The molecule has 1 saturated heterocycles. The molecule has 2 unspecified atom stereocenters. The minimum absolute atomic E-state index is 0.109. The molecular formula is C14H20N2O4. The van der Waals surface area contributed by atoms with Crippen molar-refractivity contribution in [2.75, 3.05) is 20.3 Å². The van der Waals surface area contributed by atoms with E-state index >= 15 is 0 Å². The van der Waals surface area contributed by atoms with Gasteiger partial charge in [-0.1, -0.05) is 0 Å². The average molecular weight is 280 g/mol. The number of carboxylic acids is 1. The first kappa shape index (κ1) is 14.6. The molecule has 0 bridgehead atoms. The zero-order chi connectivity index (χ0) is 14.7. The Labute approximate surface area is 117 Å². The largest absolute Gasteiger partial charge is 0.481 e. The van der Waals surface area contributed by atoms with E-state index in [1.807, 2.05) is 16.8 Å². The van der Waals surface area contributed by atoms with Gasteiger partial charge in [-0.15, -0.1) is 0 Å². The molecule has 20 heavy (non-hydrogen) atoms. The van der Waals surface area contributed by atoms with Gasteiger partial charge in [0.05, 0.1) is 12.5 Å². The molecule has 1 aliphatic rings. The molecule has 0 saturated carbocycles. The molecule has 1 N–H and O–H groups in total. The molecule has 1 aromatic rings. The third-order valence-corrected chi connectivity index (χ3v) is 3.92. The summed E-state index contributed by atoms with van der Waals surface area (Å²) in [6.07, 6.45) is 2.35. The minimum atomic E-state index is -0.831. The van der Waals surface area contributed by atoms with E-state index in [0.717, 1.165) is 0 Å². The Hall–Kier alpha value is -1.82. The van der Waals surface area contributed by atoms with Crippen LogP contribution in [0.15, 0.2) is 18.3 Å². The number of carboxylic acid groups (broad SMARTS) is 1. The van der Waals surface area contributed by atoms with Gasteiger partial charge in [0, 0.05) is 32.4 Å². The lowest BCUT2D eigenvalue weighted by Crippen LogP contribution is -2.38. The monoisotopic (exact) mass is 280 g/mol. The first-order chi connectivity index (χ1) is 9.56. The van der Waals surface area contributed by atoms with Crippen LogP contribution in [-0.4, -0.2) is 52.8 Å². The highest BCUT2D eigenvalue weighted by Crippen LogP contribution is 2.26. The second kappa shape index (κ2) is 6.09. The number of amides is 1. The lowest BCUT2D eigenvalue weighted by atomic mass is 10.0. The van der Waals surface area contributed by atoms with Crippen molar-refractivity contribution < 1.29 is 19.4 Å². The maximum Gasteiger partial charge on any atom is 0.308 e. The Kier molecular flexibility index (Phi) is 4.44. The summed E-state index contributed by atoms with van der Waals surface area (Å²) in [5.41, 5.74) is 0.583. The molecule has 1 fully saturated rings. The fourth-order valence-electron chi connectivity index (χ4n) is 2.70. The van der Waals surface area contributed by atoms with Gasteiger partial charge in [0.2, 0.25) is 0 Å². The van der Waals surface area contributed by atoms with Crippen LogP contribution in [0, 0.1) is 5.92 Å². The van der Waals surface area contributed by atoms with Crippen LogP contribution in [0.4, 0.5) is 0 Å². The second-order valence-corrected chi connectivity index (χ2v) is 5.05. The molecule has 1 amide bonds. The van der Waals surface area contributed by atoms with E-state index in [1.165, 1.54) is 0 Å². The fourth-order valence-corrected chi connectivity index (χ4v) is 2.70. The van der Waals surface area contributed by atoms with Crippen LogP contribution in [0.5, 0.6) is 0 Å². The number of carbonyl (C=O) groups is 2. The van der Waals surface area contributed by atoms with Gasteiger partial charge >= 0.3 is 5.97 Å². The fraction of sp³-hybridized carbons (Fsp3) is 0.571. The summed E-state index contributed by atoms with van der Waals surface area (Å²) in [6, 6.07) is 3.31. The van der Waals surface area contributed by atoms with Crippen LogP contribution in [-0.2, 0) is 16.1 Å². The summed E-state index contributed by atoms with van der Waals surface area (Å²) in [7, 11) is 1.62. The predicted octanol–water partition coefficient (Wildman–Crippen LogP) is 1.07. The summed E-state index contributed by atoms with van der Waals surface area (Å²) in [5.74, 6) is -1.41. The molecule has 2 atom stereocenters. The molecule has 6 heteroatoms. The van der Waals surface area contributed by atoms with Crippen molar-refractivity contribution in [1.29, 1.82) is 0 Å². The van der Waals surface area contributed by atoms with Crippen molar-refractivity contribution in [1.82, 2.24) is 9.47 Å². The normalized spacial score (nSPS) is 22.2. The molecule has 1 aromatic heterocycles. The van der Waals surface area contributed by atoms with Gasteiger partial charge in [0.15, 0.2) is 0 Å². The molecule has 6 nitrogen and oxygen atoms in total. The lowest BCUT2D eigenvalue weighted by Gasteiger charge is -2.24. The summed E-state index contributed by atoms with van der Waals surface area (Å²) < 4.78 is 6.86. The van der Waals surface area contributed by atoms with Crippen molar-refractivity contribution in [3.05, 3.63) is 24.0 Å². The quantitative estimate of drug-likeness (QED) is 0.875. The average Bonchev–Trinajstić information content (AvgIpc) is 3.01. The van der Waals surface area contributed by atoms with Crippen LogP contribution < -0.4 is 0 Å². The Morgan fingerprint density at radius 1 is 1.50 bits per heavy atom. The van der Waals surface area contributed by atoms with Crippen LogP contribution in [0.25, 0.3) is 0 Å². The summed E-state index contributed by atoms with van der Waals surface area (Å²) in [5, 5.41) is 9.12. The van der Waals surface area contributed by atoms with Gasteiger partial charge in [-0.3, -0.25) is 9.59 Å². The van der Waals surface area contributed by atoms with Crippen molar-refractivity contribution in [2.24, 2.45) is 5.92 Å². The molecule has 0 spiro atoms. The first-order valence-corrected chi connectivity index (χ1v) is 6.74. The molecule has 2 rings (SSSR count). The highest BCUT2D eigenvalue weighted by molar-refractivity contribution is 5.93. The number of nitrogens with zero attached hydrogens (tertiary/aromatic N) is 2. The number of methoxy groups -OCH3 is 1. The van der Waals surface area contributed by atoms with E-state index in [-0.39, 0.29) is 11.9 Å². The van der Waals surface area contributed by atoms with Crippen LogP contribution >= 0.6 is 0 Å². The number of hydrogen-bond donors (Lipinski definition) is 1. The predicted molar refractivity (Wildman–Crippen MR) is 72.5 cm³/mol. The molecule has 0 aromatic carbocycles. The third kappa shape index (κ3) is 2.70. The summed E-state index contributed by atoms with van der Waals surface area (Å²) in [6.45, 7) is 3.43. The standard InChI is InChI=1S/C14H20N2O4/c1-10-11(14(18)19)5-7-16(10)13(17)12-4-3-6-15(12)8-9-20-2/h3-4,6,10-11H,5,7-9H2,1-2H3,(H,18,19). The van der Waals surface area contributed by atoms with E-state index in [2.05, 4.69) is 0 Å². The Bertz CT molecular complexity index is 497. The van der Waals surface area contributed by atoms with Gasteiger partial charge in [-0.05, 0) is 25.5 Å². The number of aromatic nitrogens is 1. The van der Waals surface area contributed by atoms with E-state index in [1.54, 1.807) is 25.0 Å². The molecule has 110 valence electrons. The summed E-state index contributed by atoms with van der Waals surface area (Å²) in [4.78, 5) is 25.3. The Morgan fingerprint density at radius 2 is 2.25 bits per heavy atom. The van der Waals surface area contributed by atoms with E-state index in [0.29, 0.717) is 31.8 Å². The molecule has 0 aliphatic carbocycles. The van der Waals surface area contributed by atoms with E-state index in [9.17, 15) is 9.59 Å². The first-order valence-electron chi connectivity index (χ1n) is 6.74. The number of ether oxygens (including phenoxy) is 1. The van der Waals surface area contributed by atoms with E-state index in [4.69, 9.17) is 9.84 Å². The van der Waals surface area contributed by atoms with Gasteiger partial charge in [0.25, 0.3) is 5.91 Å². The smallest absolute Gasteiger partial charge is 0.308 e. The second-order valence-electron chi connectivity index (χ2n) is 5.05. The van der Waals surface area contributed by atoms with Crippen LogP contribution in [0.2, 0.25) is 0 Å². The van der Waals surface area contributed by atoms with Gasteiger partial charge < -0.3 is 19.3 Å².